The monoisotopic (exact) mass is 550 g/mol. The minimum atomic E-state index is -1.07. The fourth-order valence-electron chi connectivity index (χ4n) is 4.72. The van der Waals surface area contributed by atoms with Crippen molar-refractivity contribution in [3.63, 3.8) is 0 Å². The smallest absolute Gasteiger partial charge is 0.326 e. The molecule has 0 aliphatic carbocycles. The third kappa shape index (κ3) is 5.85. The van der Waals surface area contributed by atoms with Gasteiger partial charge in [-0.25, -0.2) is 9.78 Å². The number of thiophene rings is 1. The molecule has 4 N–H and O–H groups in total. The van der Waals surface area contributed by atoms with Gasteiger partial charge in [-0.15, -0.1) is 11.3 Å². The summed E-state index contributed by atoms with van der Waals surface area (Å²) >= 11 is 1.44. The molecule has 0 bridgehead atoms. The number of aliphatic hydroxyl groups is 1. The lowest BCUT2D eigenvalue weighted by Gasteiger charge is -2.17. The number of imidazole rings is 2. The van der Waals surface area contributed by atoms with Crippen LogP contribution in [0.3, 0.4) is 0 Å². The number of aromatic nitrogens is 4. The molecule has 11 heteroatoms. The van der Waals surface area contributed by atoms with Crippen LogP contribution < -0.4 is 16.3 Å². The molecule has 0 saturated heterocycles. The standard InChI is InChI=1S/C28H34N6O4S/c1-5-38-12-6-11-33-21-15-22-20(31-27(36)34(22)16-28(3,4)37)14-19(21)30-26(33)32-25(35)24-8-7-23(39-24)18-9-10-29-17(2)13-18/h7-10,13-15,17,29,37H,5-6,11-12,16H2,1-4H3,(H,31,36)(H,30,32,35). The van der Waals surface area contributed by atoms with Crippen LogP contribution in [0.5, 0.6) is 0 Å². The summed E-state index contributed by atoms with van der Waals surface area (Å²) in [4.78, 5) is 35.1. The Hall–Kier alpha value is -3.67. The third-order valence-corrected chi connectivity index (χ3v) is 7.59. The van der Waals surface area contributed by atoms with E-state index in [1.165, 1.54) is 15.9 Å². The quantitative estimate of drug-likeness (QED) is 0.221. The van der Waals surface area contributed by atoms with Crippen molar-refractivity contribution in [1.29, 1.82) is 0 Å². The maximum absolute atomic E-state index is 13.3. The van der Waals surface area contributed by atoms with E-state index in [0.717, 1.165) is 22.4 Å². The molecular formula is C28H34N6O4S. The molecule has 1 aromatic carbocycles. The number of nitrogens with one attached hydrogen (secondary N) is 3. The van der Waals surface area contributed by atoms with Gasteiger partial charge in [-0.3, -0.25) is 14.7 Å². The first-order valence-corrected chi connectivity index (χ1v) is 13.9. The lowest BCUT2D eigenvalue weighted by molar-refractivity contribution is 0.0617. The Morgan fingerprint density at radius 2 is 2.08 bits per heavy atom. The van der Waals surface area contributed by atoms with Gasteiger partial charge in [-0.2, -0.15) is 0 Å². The van der Waals surface area contributed by atoms with Crippen LogP contribution in [0.4, 0.5) is 5.95 Å². The van der Waals surface area contributed by atoms with E-state index in [0.29, 0.717) is 47.1 Å². The van der Waals surface area contributed by atoms with Crippen LogP contribution in [0.25, 0.3) is 27.6 Å². The largest absolute Gasteiger partial charge is 0.389 e. The van der Waals surface area contributed by atoms with Crippen molar-refractivity contribution in [1.82, 2.24) is 24.4 Å². The third-order valence-electron chi connectivity index (χ3n) is 6.45. The first-order valence-electron chi connectivity index (χ1n) is 13.1. The Balaban J connectivity index is 1.49. The van der Waals surface area contributed by atoms with Crippen molar-refractivity contribution >= 4 is 50.8 Å². The summed E-state index contributed by atoms with van der Waals surface area (Å²) in [7, 11) is 0. The Morgan fingerprint density at radius 1 is 1.26 bits per heavy atom. The van der Waals surface area contributed by atoms with Crippen LogP contribution in [-0.2, 0) is 17.8 Å². The summed E-state index contributed by atoms with van der Waals surface area (Å²) in [6.07, 6.45) is 6.78. The van der Waals surface area contributed by atoms with Gasteiger partial charge >= 0.3 is 5.69 Å². The van der Waals surface area contributed by atoms with Crippen LogP contribution in [0, 0.1) is 0 Å². The number of benzene rings is 1. The normalized spacial score (nSPS) is 15.6. The molecule has 1 atom stereocenters. The Kier molecular flexibility index (Phi) is 7.48. The number of H-pyrrole nitrogens is 1. The number of nitrogens with zero attached hydrogens (tertiary/aromatic N) is 3. The van der Waals surface area contributed by atoms with Gasteiger partial charge in [-0.05, 0) is 76.2 Å². The van der Waals surface area contributed by atoms with Crippen molar-refractivity contribution in [2.75, 3.05) is 18.5 Å². The molecule has 10 nitrogen and oxygen atoms in total. The molecular weight excluding hydrogens is 516 g/mol. The topological polar surface area (TPSA) is 126 Å². The number of amides is 1. The number of dihydropyridines is 1. The van der Waals surface area contributed by atoms with Gasteiger partial charge in [0.05, 0.1) is 39.1 Å². The molecule has 206 valence electrons. The van der Waals surface area contributed by atoms with Gasteiger partial charge in [0.25, 0.3) is 5.91 Å². The SMILES string of the molecule is CCOCCCn1c(NC(=O)c2ccc(C3=CC(C)NC=C3)s2)nc2cc3[nH]c(=O)n(CC(C)(C)O)c3cc21. The van der Waals surface area contributed by atoms with Crippen molar-refractivity contribution in [2.24, 2.45) is 0 Å². The molecule has 4 aromatic rings. The van der Waals surface area contributed by atoms with Crippen molar-refractivity contribution in [3.05, 3.63) is 62.9 Å². The lowest BCUT2D eigenvalue weighted by atomic mass is 10.1. The molecule has 0 saturated carbocycles. The van der Waals surface area contributed by atoms with Crippen molar-refractivity contribution < 1.29 is 14.6 Å². The second-order valence-electron chi connectivity index (χ2n) is 10.4. The van der Waals surface area contributed by atoms with Crippen LogP contribution in [0.1, 0.15) is 48.7 Å². The summed E-state index contributed by atoms with van der Waals surface area (Å²) in [6.45, 7) is 9.26. The first-order chi connectivity index (χ1) is 18.6. The number of hydrogen-bond donors (Lipinski definition) is 4. The number of aromatic amines is 1. The van der Waals surface area contributed by atoms with Crippen LogP contribution >= 0.6 is 11.3 Å². The fourth-order valence-corrected chi connectivity index (χ4v) is 5.62. The average molecular weight is 551 g/mol. The predicted molar refractivity (Wildman–Crippen MR) is 155 cm³/mol. The van der Waals surface area contributed by atoms with Gasteiger partial charge < -0.3 is 24.7 Å². The van der Waals surface area contributed by atoms with Crippen LogP contribution in [-0.4, -0.2) is 55.0 Å². The van der Waals surface area contributed by atoms with Crippen molar-refractivity contribution in [2.45, 2.75) is 58.8 Å². The minimum absolute atomic E-state index is 0.139. The molecule has 3 aromatic heterocycles. The molecule has 1 amide bonds. The Morgan fingerprint density at radius 3 is 2.82 bits per heavy atom. The van der Waals surface area contributed by atoms with Crippen molar-refractivity contribution in [3.8, 4) is 0 Å². The summed E-state index contributed by atoms with van der Waals surface area (Å²) in [5.41, 5.74) is 2.44. The first kappa shape index (κ1) is 26.9. The van der Waals surface area contributed by atoms with Gasteiger partial charge in [0, 0.05) is 30.7 Å². The van der Waals surface area contributed by atoms with E-state index in [4.69, 9.17) is 9.72 Å². The molecule has 0 spiro atoms. The Labute approximate surface area is 230 Å². The van der Waals surface area contributed by atoms with Crippen LogP contribution in [0.15, 0.2) is 47.4 Å². The second-order valence-corrected chi connectivity index (χ2v) is 11.4. The molecule has 5 rings (SSSR count). The number of carbonyl (C=O) groups is 1. The highest BCUT2D eigenvalue weighted by molar-refractivity contribution is 7.15. The van der Waals surface area contributed by atoms with E-state index >= 15 is 0 Å². The highest BCUT2D eigenvalue weighted by Crippen LogP contribution is 2.29. The highest BCUT2D eigenvalue weighted by Gasteiger charge is 2.21. The van der Waals surface area contributed by atoms with E-state index in [1.54, 1.807) is 13.8 Å². The lowest BCUT2D eigenvalue weighted by Crippen LogP contribution is -2.31. The number of hydrogen-bond acceptors (Lipinski definition) is 7. The predicted octanol–water partition coefficient (Wildman–Crippen LogP) is 4.08. The summed E-state index contributed by atoms with van der Waals surface area (Å²) < 4.78 is 9.02. The van der Waals surface area contributed by atoms with Gasteiger partial charge in [0.1, 0.15) is 0 Å². The molecule has 1 aliphatic rings. The molecule has 4 heterocycles. The number of allylic oxidation sites excluding steroid dienone is 2. The fraction of sp³-hybridized carbons (Fsp3) is 0.393. The number of aryl methyl sites for hydroxylation is 1. The maximum Gasteiger partial charge on any atom is 0.326 e. The molecule has 0 radical (unpaired) electrons. The zero-order chi connectivity index (χ0) is 27.7. The van der Waals surface area contributed by atoms with Gasteiger partial charge in [-0.1, -0.05) is 6.08 Å². The van der Waals surface area contributed by atoms with Crippen LogP contribution in [0.2, 0.25) is 0 Å². The summed E-state index contributed by atoms with van der Waals surface area (Å²) in [5, 5.41) is 16.6. The zero-order valence-corrected chi connectivity index (χ0v) is 23.4. The molecule has 1 unspecified atom stereocenters. The number of carbonyl (C=O) groups excluding carboxylic acids is 1. The summed E-state index contributed by atoms with van der Waals surface area (Å²) in [5.74, 6) is 0.198. The number of rotatable bonds is 10. The maximum atomic E-state index is 13.3. The molecule has 39 heavy (non-hydrogen) atoms. The molecule has 1 aliphatic heterocycles. The highest BCUT2D eigenvalue weighted by atomic mass is 32.1. The Bertz CT molecular complexity index is 1630. The van der Waals surface area contributed by atoms with E-state index < -0.39 is 5.60 Å². The van der Waals surface area contributed by atoms with E-state index in [2.05, 4.69) is 28.6 Å². The number of ether oxygens (including phenoxy) is 1. The van der Waals surface area contributed by atoms with E-state index in [9.17, 15) is 14.7 Å². The number of fused-ring (bicyclic) bond motifs is 2. The van der Waals surface area contributed by atoms with Gasteiger partial charge in [0.15, 0.2) is 0 Å². The van der Waals surface area contributed by atoms with E-state index in [1.807, 2.05) is 48.0 Å². The average Bonchev–Trinajstić information content (AvgIpc) is 3.56. The second kappa shape index (κ2) is 10.8. The van der Waals surface area contributed by atoms with Gasteiger partial charge in [0.2, 0.25) is 5.95 Å². The minimum Gasteiger partial charge on any atom is -0.389 e. The molecule has 0 fully saturated rings. The zero-order valence-electron chi connectivity index (χ0n) is 22.6. The summed E-state index contributed by atoms with van der Waals surface area (Å²) in [6, 6.07) is 7.72. The van der Waals surface area contributed by atoms with E-state index in [-0.39, 0.29) is 24.2 Å². The number of anilines is 1.